The molecule has 0 unspecified atom stereocenters. The third-order valence-corrected chi connectivity index (χ3v) is 4.33. The molecule has 8 nitrogen and oxygen atoms in total. The van der Waals surface area contributed by atoms with Crippen LogP contribution in [0.25, 0.3) is 0 Å². The lowest BCUT2D eigenvalue weighted by atomic mass is 10.2. The van der Waals surface area contributed by atoms with Crippen molar-refractivity contribution in [3.8, 4) is 6.07 Å². The van der Waals surface area contributed by atoms with Crippen molar-refractivity contribution < 1.29 is 4.74 Å². The van der Waals surface area contributed by atoms with Crippen LogP contribution in [0.2, 0.25) is 0 Å². The molecule has 0 bridgehead atoms. The Morgan fingerprint density at radius 2 is 1.89 bits per heavy atom. The number of aromatic nitrogens is 3. The zero-order valence-electron chi connectivity index (χ0n) is 15.2. The number of benzene rings is 2. The molecule has 28 heavy (non-hydrogen) atoms. The maximum atomic E-state index is 9.03. The van der Waals surface area contributed by atoms with Crippen molar-refractivity contribution in [2.45, 2.75) is 0 Å². The molecule has 0 amide bonds. The monoisotopic (exact) mass is 373 g/mol. The Bertz CT molecular complexity index is 996. The van der Waals surface area contributed by atoms with Crippen LogP contribution in [0.3, 0.4) is 0 Å². The van der Waals surface area contributed by atoms with Gasteiger partial charge in [-0.15, -0.1) is 5.10 Å². The molecule has 140 valence electrons. The largest absolute Gasteiger partial charge is 0.378 e. The second-order valence-corrected chi connectivity index (χ2v) is 6.22. The Morgan fingerprint density at radius 3 is 2.75 bits per heavy atom. The predicted octanol–water partition coefficient (Wildman–Crippen LogP) is 3.07. The highest BCUT2D eigenvalue weighted by atomic mass is 16.5. The minimum Gasteiger partial charge on any atom is -0.378 e. The van der Waals surface area contributed by atoms with Gasteiger partial charge in [0.2, 0.25) is 5.95 Å². The molecule has 0 spiro atoms. The fraction of sp³-hybridized carbons (Fsp3) is 0.200. The number of morpholine rings is 1. The molecular formula is C20H19N7O. The molecule has 4 rings (SSSR count). The predicted molar refractivity (Wildman–Crippen MR) is 107 cm³/mol. The van der Waals surface area contributed by atoms with Crippen molar-refractivity contribution in [2.75, 3.05) is 41.8 Å². The fourth-order valence-corrected chi connectivity index (χ4v) is 3.01. The standard InChI is InChI=1S/C20H19N7O/c21-13-15-4-3-5-16(12-15)23-20-25-19(14-22-26-20)24-17-6-1-2-7-18(17)27-8-10-28-11-9-27/h1-7,12,14H,8-11H2,(H2,23,24,25,26). The summed E-state index contributed by atoms with van der Waals surface area (Å²) in [5.41, 5.74) is 3.33. The Balaban J connectivity index is 1.53. The summed E-state index contributed by atoms with van der Waals surface area (Å²) in [6.45, 7) is 3.14. The number of hydrogen-bond acceptors (Lipinski definition) is 8. The van der Waals surface area contributed by atoms with Crippen molar-refractivity contribution in [2.24, 2.45) is 0 Å². The second kappa shape index (κ2) is 8.33. The van der Waals surface area contributed by atoms with Crippen LogP contribution in [0.1, 0.15) is 5.56 Å². The third-order valence-electron chi connectivity index (χ3n) is 4.33. The van der Waals surface area contributed by atoms with E-state index in [1.807, 2.05) is 24.3 Å². The first-order valence-electron chi connectivity index (χ1n) is 8.97. The number of hydrogen-bond donors (Lipinski definition) is 2. The van der Waals surface area contributed by atoms with E-state index in [9.17, 15) is 0 Å². The normalized spacial score (nSPS) is 13.6. The molecule has 1 aliphatic heterocycles. The van der Waals surface area contributed by atoms with Gasteiger partial charge in [-0.1, -0.05) is 18.2 Å². The Kier molecular flexibility index (Phi) is 5.26. The Hall–Kier alpha value is -3.70. The van der Waals surface area contributed by atoms with Crippen LogP contribution < -0.4 is 15.5 Å². The number of ether oxygens (including phenoxy) is 1. The molecule has 0 aliphatic carbocycles. The molecular weight excluding hydrogens is 354 g/mol. The van der Waals surface area contributed by atoms with Crippen molar-refractivity contribution in [3.63, 3.8) is 0 Å². The minimum atomic E-state index is 0.351. The van der Waals surface area contributed by atoms with Gasteiger partial charge in [0.1, 0.15) is 0 Å². The Labute approximate surface area is 162 Å². The summed E-state index contributed by atoms with van der Waals surface area (Å²) in [5, 5.41) is 23.5. The highest BCUT2D eigenvalue weighted by molar-refractivity contribution is 5.74. The summed E-state index contributed by atoms with van der Waals surface area (Å²) in [4.78, 5) is 6.77. The van der Waals surface area contributed by atoms with E-state index in [-0.39, 0.29) is 0 Å². The lowest BCUT2D eigenvalue weighted by molar-refractivity contribution is 0.123. The Morgan fingerprint density at radius 1 is 1.04 bits per heavy atom. The molecule has 1 aliphatic rings. The van der Waals surface area contributed by atoms with E-state index in [1.54, 1.807) is 24.4 Å². The van der Waals surface area contributed by atoms with E-state index < -0.39 is 0 Å². The van der Waals surface area contributed by atoms with Gasteiger partial charge in [0, 0.05) is 18.8 Å². The van der Waals surface area contributed by atoms with Gasteiger partial charge in [0.05, 0.1) is 42.4 Å². The third kappa shape index (κ3) is 4.16. The number of nitrogens with one attached hydrogen (secondary N) is 2. The van der Waals surface area contributed by atoms with E-state index in [0.717, 1.165) is 43.4 Å². The van der Waals surface area contributed by atoms with Crippen molar-refractivity contribution in [1.82, 2.24) is 15.2 Å². The molecule has 0 atom stereocenters. The molecule has 0 saturated carbocycles. The van der Waals surface area contributed by atoms with Crippen LogP contribution in [0, 0.1) is 11.3 Å². The van der Waals surface area contributed by atoms with Gasteiger partial charge in [0.15, 0.2) is 5.82 Å². The molecule has 2 N–H and O–H groups in total. The molecule has 3 aromatic rings. The van der Waals surface area contributed by atoms with Crippen LogP contribution in [-0.4, -0.2) is 41.5 Å². The van der Waals surface area contributed by atoms with E-state index in [1.165, 1.54) is 0 Å². The average molecular weight is 373 g/mol. The first-order chi connectivity index (χ1) is 13.8. The maximum Gasteiger partial charge on any atom is 0.249 e. The summed E-state index contributed by atoms with van der Waals surface area (Å²) in [6, 6.07) is 17.3. The number of nitriles is 1. The van der Waals surface area contributed by atoms with Gasteiger partial charge < -0.3 is 20.3 Å². The first kappa shape index (κ1) is 17.7. The number of rotatable bonds is 5. The number of anilines is 5. The summed E-state index contributed by atoms with van der Waals surface area (Å²) in [6.07, 6.45) is 1.58. The molecule has 2 aromatic carbocycles. The van der Waals surface area contributed by atoms with Crippen molar-refractivity contribution in [1.29, 1.82) is 5.26 Å². The van der Waals surface area contributed by atoms with Crippen LogP contribution in [0.15, 0.2) is 54.7 Å². The number of para-hydroxylation sites is 2. The smallest absolute Gasteiger partial charge is 0.249 e. The van der Waals surface area contributed by atoms with E-state index >= 15 is 0 Å². The van der Waals surface area contributed by atoms with Gasteiger partial charge in [-0.05, 0) is 30.3 Å². The van der Waals surface area contributed by atoms with Gasteiger partial charge in [-0.25, -0.2) is 0 Å². The zero-order valence-corrected chi connectivity index (χ0v) is 15.2. The van der Waals surface area contributed by atoms with E-state index in [4.69, 9.17) is 10.00 Å². The summed E-state index contributed by atoms with van der Waals surface area (Å²) in [7, 11) is 0. The van der Waals surface area contributed by atoms with Gasteiger partial charge in [-0.2, -0.15) is 15.3 Å². The highest BCUT2D eigenvalue weighted by Crippen LogP contribution is 2.28. The zero-order chi connectivity index (χ0) is 19.2. The highest BCUT2D eigenvalue weighted by Gasteiger charge is 2.15. The van der Waals surface area contributed by atoms with Gasteiger partial charge in [-0.3, -0.25) is 0 Å². The van der Waals surface area contributed by atoms with Crippen molar-refractivity contribution >= 4 is 28.8 Å². The quantitative estimate of drug-likeness (QED) is 0.704. The molecule has 1 fully saturated rings. The van der Waals surface area contributed by atoms with Crippen LogP contribution in [0.5, 0.6) is 0 Å². The second-order valence-electron chi connectivity index (χ2n) is 6.22. The fourth-order valence-electron chi connectivity index (χ4n) is 3.01. The number of nitrogens with zero attached hydrogens (tertiary/aromatic N) is 5. The van der Waals surface area contributed by atoms with Crippen LogP contribution in [-0.2, 0) is 4.74 Å². The molecule has 8 heteroatoms. The molecule has 0 radical (unpaired) electrons. The molecule has 2 heterocycles. The molecule has 1 aromatic heterocycles. The SMILES string of the molecule is N#Cc1cccc(Nc2nncc(Nc3ccccc3N3CCOCC3)n2)c1. The maximum absolute atomic E-state index is 9.03. The summed E-state index contributed by atoms with van der Waals surface area (Å²) >= 11 is 0. The molecule has 1 saturated heterocycles. The van der Waals surface area contributed by atoms with Crippen LogP contribution >= 0.6 is 0 Å². The summed E-state index contributed by atoms with van der Waals surface area (Å²) in [5.74, 6) is 0.929. The van der Waals surface area contributed by atoms with Crippen LogP contribution in [0.4, 0.5) is 28.8 Å². The van der Waals surface area contributed by atoms with Crippen molar-refractivity contribution in [3.05, 3.63) is 60.3 Å². The van der Waals surface area contributed by atoms with E-state index in [0.29, 0.717) is 17.3 Å². The lowest BCUT2D eigenvalue weighted by Gasteiger charge is -2.30. The topological polar surface area (TPSA) is 99.0 Å². The summed E-state index contributed by atoms with van der Waals surface area (Å²) < 4.78 is 5.45. The lowest BCUT2D eigenvalue weighted by Crippen LogP contribution is -2.36. The van der Waals surface area contributed by atoms with E-state index in [2.05, 4.69) is 42.9 Å². The average Bonchev–Trinajstić information content (AvgIpc) is 2.75. The minimum absolute atomic E-state index is 0.351. The first-order valence-corrected chi connectivity index (χ1v) is 8.97. The van der Waals surface area contributed by atoms with Gasteiger partial charge in [0.25, 0.3) is 0 Å². The van der Waals surface area contributed by atoms with Gasteiger partial charge >= 0.3 is 0 Å².